The van der Waals surface area contributed by atoms with Gasteiger partial charge in [-0.3, -0.25) is 19.9 Å². The Labute approximate surface area is 92.1 Å². The molecule has 0 bridgehead atoms. The molecule has 0 aliphatic rings. The average Bonchev–Trinajstić information content (AvgIpc) is 2.10. The van der Waals surface area contributed by atoms with Crippen LogP contribution in [0.25, 0.3) is 0 Å². The molecule has 0 radical (unpaired) electrons. The van der Waals surface area contributed by atoms with E-state index in [2.05, 4.69) is 0 Å². The Morgan fingerprint density at radius 2 is 1.93 bits per heavy atom. The lowest BCUT2D eigenvalue weighted by Crippen LogP contribution is -2.26. The highest BCUT2D eigenvalue weighted by molar-refractivity contribution is 7.80. The number of hydroxylamine groups is 2. The minimum Gasteiger partial charge on any atom is -0.481 e. The van der Waals surface area contributed by atoms with Crippen molar-refractivity contribution in [2.24, 2.45) is 5.92 Å². The van der Waals surface area contributed by atoms with Gasteiger partial charge < -0.3 is 10.2 Å². The summed E-state index contributed by atoms with van der Waals surface area (Å²) in [5.74, 6) is -3.03. The second kappa shape index (κ2) is 6.31. The smallest absolute Gasteiger partial charge is 0.306 e. The molecule has 0 aromatic carbocycles. The second-order valence-electron chi connectivity index (χ2n) is 3.09. The third kappa shape index (κ3) is 5.97. The average molecular weight is 235 g/mol. The Hall–Kier alpha value is -1.21. The Kier molecular flexibility index (Phi) is 5.80. The second-order valence-corrected chi connectivity index (χ2v) is 3.56. The van der Waals surface area contributed by atoms with Crippen LogP contribution in [0.2, 0.25) is 0 Å². The van der Waals surface area contributed by atoms with Crippen molar-refractivity contribution in [3.8, 4) is 0 Å². The van der Waals surface area contributed by atoms with Crippen LogP contribution in [0.4, 0.5) is 0 Å². The first-order valence-electron chi connectivity index (χ1n) is 4.24. The first-order valence-corrected chi connectivity index (χ1v) is 4.65. The number of hydrogen-bond acceptors (Lipinski definition) is 4. The molecule has 0 aromatic rings. The van der Waals surface area contributed by atoms with E-state index in [0.29, 0.717) is 5.06 Å². The lowest BCUT2D eigenvalue weighted by atomic mass is 9.99. The normalized spacial score (nSPS) is 11.9. The van der Waals surface area contributed by atoms with Crippen molar-refractivity contribution >= 4 is 29.1 Å². The van der Waals surface area contributed by atoms with E-state index < -0.39 is 17.9 Å². The number of rotatable bonds is 6. The summed E-state index contributed by atoms with van der Waals surface area (Å²) in [5, 5.41) is 26.7. The topological polar surface area (TPSA) is 98.1 Å². The fourth-order valence-corrected chi connectivity index (χ4v) is 1.15. The fourth-order valence-electron chi connectivity index (χ4n) is 0.953. The molecule has 0 spiro atoms. The first kappa shape index (κ1) is 13.8. The van der Waals surface area contributed by atoms with E-state index in [1.54, 1.807) is 0 Å². The number of carboxylic acids is 2. The molecule has 1 unspecified atom stereocenters. The van der Waals surface area contributed by atoms with Crippen LogP contribution in [0.15, 0.2) is 0 Å². The minimum atomic E-state index is -1.11. The SMILES string of the molecule is CN(O)C(=S)CC(CCC(=O)O)C(=O)O. The predicted octanol–water partition coefficient (Wildman–Crippen LogP) is 0.590. The molecule has 0 saturated carbocycles. The lowest BCUT2D eigenvalue weighted by Gasteiger charge is -2.15. The summed E-state index contributed by atoms with van der Waals surface area (Å²) in [6.45, 7) is 0. The van der Waals surface area contributed by atoms with Gasteiger partial charge in [0.2, 0.25) is 0 Å². The van der Waals surface area contributed by atoms with Gasteiger partial charge in [-0.15, -0.1) is 0 Å². The van der Waals surface area contributed by atoms with Gasteiger partial charge in [0.1, 0.15) is 4.99 Å². The van der Waals surface area contributed by atoms with Gasteiger partial charge in [0.05, 0.1) is 5.92 Å². The first-order chi connectivity index (χ1) is 6.84. The third-order valence-electron chi connectivity index (χ3n) is 1.84. The summed E-state index contributed by atoms with van der Waals surface area (Å²) in [6, 6.07) is 0. The Morgan fingerprint density at radius 1 is 1.40 bits per heavy atom. The quantitative estimate of drug-likeness (QED) is 0.457. The van der Waals surface area contributed by atoms with E-state index in [0.717, 1.165) is 0 Å². The van der Waals surface area contributed by atoms with Crippen LogP contribution in [0, 0.1) is 5.92 Å². The highest BCUT2D eigenvalue weighted by Gasteiger charge is 2.21. The van der Waals surface area contributed by atoms with Crippen molar-refractivity contribution in [3.05, 3.63) is 0 Å². The maximum atomic E-state index is 10.7. The van der Waals surface area contributed by atoms with Gasteiger partial charge in [0, 0.05) is 19.9 Å². The monoisotopic (exact) mass is 235 g/mol. The maximum absolute atomic E-state index is 10.7. The van der Waals surface area contributed by atoms with Crippen molar-refractivity contribution in [2.45, 2.75) is 19.3 Å². The van der Waals surface area contributed by atoms with Crippen molar-refractivity contribution in [1.29, 1.82) is 0 Å². The Balaban J connectivity index is 4.22. The van der Waals surface area contributed by atoms with Gasteiger partial charge >= 0.3 is 11.9 Å². The third-order valence-corrected chi connectivity index (χ3v) is 2.27. The zero-order valence-electron chi connectivity index (χ0n) is 8.21. The number of thiocarbonyl (C=S) groups is 1. The highest BCUT2D eigenvalue weighted by Crippen LogP contribution is 2.13. The molecule has 0 aliphatic heterocycles. The molecule has 0 aliphatic carbocycles. The van der Waals surface area contributed by atoms with Crippen LogP contribution in [0.3, 0.4) is 0 Å². The number of nitrogens with zero attached hydrogens (tertiary/aromatic N) is 1. The number of carbonyl (C=O) groups is 2. The van der Waals surface area contributed by atoms with Crippen molar-refractivity contribution in [2.75, 3.05) is 7.05 Å². The van der Waals surface area contributed by atoms with Crippen LogP contribution in [0.5, 0.6) is 0 Å². The Bertz CT molecular complexity index is 266. The van der Waals surface area contributed by atoms with Crippen molar-refractivity contribution in [3.63, 3.8) is 0 Å². The molecule has 3 N–H and O–H groups in total. The molecular weight excluding hydrogens is 222 g/mol. The summed E-state index contributed by atoms with van der Waals surface area (Å²) in [5.41, 5.74) is 0. The summed E-state index contributed by atoms with van der Waals surface area (Å²) in [6.07, 6.45) is -0.266. The Morgan fingerprint density at radius 3 is 2.27 bits per heavy atom. The molecule has 6 nitrogen and oxygen atoms in total. The standard InChI is InChI=1S/C8H13NO5S/c1-9(14)6(15)4-5(8(12)13)2-3-7(10)11/h5,14H,2-4H2,1H3,(H,10,11)(H,12,13). The molecule has 86 valence electrons. The van der Waals surface area contributed by atoms with E-state index in [9.17, 15) is 9.59 Å². The van der Waals surface area contributed by atoms with Gasteiger partial charge in [0.25, 0.3) is 0 Å². The van der Waals surface area contributed by atoms with Gasteiger partial charge in [0.15, 0.2) is 0 Å². The van der Waals surface area contributed by atoms with Crippen LogP contribution in [0.1, 0.15) is 19.3 Å². The van der Waals surface area contributed by atoms with E-state index in [-0.39, 0.29) is 24.3 Å². The fraction of sp³-hybridized carbons (Fsp3) is 0.625. The summed E-state index contributed by atoms with van der Waals surface area (Å²) >= 11 is 4.72. The molecule has 0 saturated heterocycles. The zero-order chi connectivity index (χ0) is 12.0. The molecule has 0 fully saturated rings. The number of aliphatic carboxylic acids is 2. The number of carboxylic acid groups (broad SMARTS) is 2. The van der Waals surface area contributed by atoms with E-state index in [1.807, 2.05) is 0 Å². The highest BCUT2D eigenvalue weighted by atomic mass is 32.1. The van der Waals surface area contributed by atoms with Gasteiger partial charge in [-0.2, -0.15) is 0 Å². The molecule has 0 rings (SSSR count). The van der Waals surface area contributed by atoms with Crippen LogP contribution in [-0.2, 0) is 9.59 Å². The van der Waals surface area contributed by atoms with Gasteiger partial charge in [-0.25, -0.2) is 0 Å². The van der Waals surface area contributed by atoms with E-state index in [1.165, 1.54) is 7.05 Å². The summed E-state index contributed by atoms with van der Waals surface area (Å²) < 4.78 is 0. The van der Waals surface area contributed by atoms with Crippen molar-refractivity contribution in [1.82, 2.24) is 5.06 Å². The number of hydrogen-bond donors (Lipinski definition) is 3. The van der Waals surface area contributed by atoms with E-state index >= 15 is 0 Å². The van der Waals surface area contributed by atoms with Gasteiger partial charge in [-0.05, 0) is 6.42 Å². The minimum absolute atomic E-state index is 0.00134. The molecule has 0 amide bonds. The van der Waals surface area contributed by atoms with Crippen molar-refractivity contribution < 1.29 is 25.0 Å². The predicted molar refractivity (Wildman–Crippen MR) is 54.8 cm³/mol. The molecule has 1 atom stereocenters. The maximum Gasteiger partial charge on any atom is 0.306 e. The molecular formula is C8H13NO5S. The molecule has 7 heteroatoms. The zero-order valence-corrected chi connectivity index (χ0v) is 9.03. The largest absolute Gasteiger partial charge is 0.481 e. The lowest BCUT2D eigenvalue weighted by molar-refractivity contribution is -0.142. The summed E-state index contributed by atoms with van der Waals surface area (Å²) in [4.78, 5) is 21.1. The molecule has 0 aromatic heterocycles. The molecule has 15 heavy (non-hydrogen) atoms. The molecule has 0 heterocycles. The van der Waals surface area contributed by atoms with Gasteiger partial charge in [-0.1, -0.05) is 12.2 Å². The van der Waals surface area contributed by atoms with E-state index in [4.69, 9.17) is 27.6 Å². The van der Waals surface area contributed by atoms with Crippen LogP contribution < -0.4 is 0 Å². The van der Waals surface area contributed by atoms with Crippen LogP contribution >= 0.6 is 12.2 Å². The summed E-state index contributed by atoms with van der Waals surface area (Å²) in [7, 11) is 1.29. The van der Waals surface area contributed by atoms with Crippen LogP contribution in [-0.4, -0.2) is 44.5 Å².